The van der Waals surface area contributed by atoms with E-state index in [1.807, 2.05) is 0 Å². The number of aromatic nitrogens is 2. The Kier molecular flexibility index (Phi) is 6.36. The van der Waals surface area contributed by atoms with E-state index >= 15 is 0 Å². The molecule has 31 heavy (non-hydrogen) atoms. The highest BCUT2D eigenvalue weighted by Gasteiger charge is 2.29. The fourth-order valence-electron chi connectivity index (χ4n) is 3.62. The van der Waals surface area contributed by atoms with E-state index in [4.69, 9.17) is 20.8 Å². The van der Waals surface area contributed by atoms with Crippen molar-refractivity contribution in [3.05, 3.63) is 70.6 Å². The smallest absolute Gasteiger partial charge is 0.321 e. The van der Waals surface area contributed by atoms with Gasteiger partial charge < -0.3 is 19.4 Å². The van der Waals surface area contributed by atoms with E-state index in [0.717, 1.165) is 18.4 Å². The zero-order valence-electron chi connectivity index (χ0n) is 17.0. The van der Waals surface area contributed by atoms with E-state index in [-0.39, 0.29) is 17.8 Å². The van der Waals surface area contributed by atoms with Crippen molar-refractivity contribution in [1.29, 1.82) is 0 Å². The predicted octanol–water partition coefficient (Wildman–Crippen LogP) is 4.87. The van der Waals surface area contributed by atoms with Crippen LogP contribution in [-0.2, 0) is 6.42 Å². The average molecular weight is 445 g/mol. The molecule has 4 rings (SSSR count). The Morgan fingerprint density at radius 1 is 1.29 bits per heavy atom. The SMILES string of the molecule is COc1ccc(Cl)cc1NC(=O)N1CCCC(c2nnc(Cc3ccc(F)cc3)o2)C1. The van der Waals surface area contributed by atoms with Crippen LogP contribution in [0.25, 0.3) is 0 Å². The molecule has 2 heterocycles. The molecule has 0 spiro atoms. The lowest BCUT2D eigenvalue weighted by atomic mass is 9.98. The number of piperidine rings is 1. The summed E-state index contributed by atoms with van der Waals surface area (Å²) < 4.78 is 24.2. The topological polar surface area (TPSA) is 80.5 Å². The molecule has 1 fully saturated rings. The number of rotatable bonds is 5. The molecule has 9 heteroatoms. The fourth-order valence-corrected chi connectivity index (χ4v) is 3.79. The van der Waals surface area contributed by atoms with Crippen LogP contribution in [0.4, 0.5) is 14.9 Å². The summed E-state index contributed by atoms with van der Waals surface area (Å²) in [6.45, 7) is 1.09. The lowest BCUT2D eigenvalue weighted by Crippen LogP contribution is -2.41. The van der Waals surface area contributed by atoms with Crippen LogP contribution in [0.3, 0.4) is 0 Å². The Bertz CT molecular complexity index is 1060. The van der Waals surface area contributed by atoms with Crippen molar-refractivity contribution in [3.63, 3.8) is 0 Å². The third-order valence-electron chi connectivity index (χ3n) is 5.21. The first-order chi connectivity index (χ1) is 15.0. The van der Waals surface area contributed by atoms with Crippen molar-refractivity contribution in [2.24, 2.45) is 0 Å². The average Bonchev–Trinajstić information content (AvgIpc) is 3.24. The summed E-state index contributed by atoms with van der Waals surface area (Å²) in [6, 6.07) is 11.0. The second kappa shape index (κ2) is 9.34. The van der Waals surface area contributed by atoms with Gasteiger partial charge in [-0.25, -0.2) is 9.18 Å². The van der Waals surface area contributed by atoms with Crippen molar-refractivity contribution >= 4 is 23.3 Å². The number of anilines is 1. The number of halogens is 2. The maximum absolute atomic E-state index is 13.1. The second-order valence-electron chi connectivity index (χ2n) is 7.40. The molecule has 1 saturated heterocycles. The minimum absolute atomic E-state index is 0.0461. The summed E-state index contributed by atoms with van der Waals surface area (Å²) in [5.41, 5.74) is 1.40. The van der Waals surface area contributed by atoms with Crippen LogP contribution in [-0.4, -0.2) is 41.3 Å². The minimum Gasteiger partial charge on any atom is -0.495 e. The fraction of sp³-hybridized carbons (Fsp3) is 0.318. The maximum Gasteiger partial charge on any atom is 0.321 e. The number of urea groups is 1. The minimum atomic E-state index is -0.286. The molecule has 0 aliphatic carbocycles. The summed E-state index contributed by atoms with van der Waals surface area (Å²) in [5.74, 6) is 1.18. The zero-order valence-corrected chi connectivity index (χ0v) is 17.7. The van der Waals surface area contributed by atoms with Crippen LogP contribution in [0, 0.1) is 5.82 Å². The number of ether oxygens (including phenoxy) is 1. The van der Waals surface area contributed by atoms with Gasteiger partial charge in [0, 0.05) is 18.1 Å². The van der Waals surface area contributed by atoms with E-state index in [2.05, 4.69) is 15.5 Å². The van der Waals surface area contributed by atoms with Gasteiger partial charge in [0.25, 0.3) is 0 Å². The van der Waals surface area contributed by atoms with Crippen LogP contribution in [0.5, 0.6) is 5.75 Å². The number of amides is 2. The standard InChI is InChI=1S/C22H22ClFN4O3/c1-30-19-9-6-16(23)12-18(19)25-22(29)28-10-2-3-15(13-28)21-27-26-20(31-21)11-14-4-7-17(24)8-5-14/h4-9,12,15H,2-3,10-11,13H2,1H3,(H,25,29). The Morgan fingerprint density at radius 2 is 2.10 bits per heavy atom. The van der Waals surface area contributed by atoms with Crippen molar-refractivity contribution in [2.75, 3.05) is 25.5 Å². The monoisotopic (exact) mass is 444 g/mol. The molecule has 1 atom stereocenters. The number of benzene rings is 2. The number of nitrogens with one attached hydrogen (secondary N) is 1. The van der Waals surface area contributed by atoms with Crippen LogP contribution in [0.15, 0.2) is 46.9 Å². The molecular weight excluding hydrogens is 423 g/mol. The molecule has 1 unspecified atom stereocenters. The first kappa shape index (κ1) is 21.1. The number of hydrogen-bond acceptors (Lipinski definition) is 5. The lowest BCUT2D eigenvalue weighted by Gasteiger charge is -2.31. The van der Waals surface area contributed by atoms with Crippen molar-refractivity contribution in [3.8, 4) is 5.75 Å². The van der Waals surface area contributed by atoms with E-state index < -0.39 is 0 Å². The highest BCUT2D eigenvalue weighted by Crippen LogP contribution is 2.30. The number of nitrogens with zero attached hydrogens (tertiary/aromatic N) is 3. The number of carbonyl (C=O) groups excluding carboxylic acids is 1. The maximum atomic E-state index is 13.1. The summed E-state index contributed by atoms with van der Waals surface area (Å²) in [6.07, 6.45) is 2.10. The molecule has 0 saturated carbocycles. The normalized spacial score (nSPS) is 16.2. The number of methoxy groups -OCH3 is 1. The molecule has 7 nitrogen and oxygen atoms in total. The van der Waals surface area contributed by atoms with Gasteiger partial charge in [-0.3, -0.25) is 0 Å². The van der Waals surface area contributed by atoms with Crippen molar-refractivity contribution in [1.82, 2.24) is 15.1 Å². The molecule has 0 bridgehead atoms. The van der Waals surface area contributed by atoms with Gasteiger partial charge in [-0.2, -0.15) is 0 Å². The van der Waals surface area contributed by atoms with Gasteiger partial charge in [-0.05, 0) is 48.7 Å². The molecule has 3 aromatic rings. The summed E-state index contributed by atoms with van der Waals surface area (Å²) in [4.78, 5) is 14.5. The molecule has 1 aliphatic rings. The Morgan fingerprint density at radius 3 is 2.87 bits per heavy atom. The summed E-state index contributed by atoms with van der Waals surface area (Å²) in [5, 5.41) is 11.7. The highest BCUT2D eigenvalue weighted by atomic mass is 35.5. The molecule has 2 amide bonds. The summed E-state index contributed by atoms with van der Waals surface area (Å²) in [7, 11) is 1.54. The Balaban J connectivity index is 1.40. The van der Waals surface area contributed by atoms with E-state index in [9.17, 15) is 9.18 Å². The molecule has 1 aliphatic heterocycles. The molecular formula is C22H22ClFN4O3. The molecule has 162 valence electrons. The third kappa shape index (κ3) is 5.14. The molecule has 2 aromatic carbocycles. The van der Waals surface area contributed by atoms with Crippen LogP contribution >= 0.6 is 11.6 Å². The third-order valence-corrected chi connectivity index (χ3v) is 5.45. The van der Waals surface area contributed by atoms with Gasteiger partial charge in [0.15, 0.2) is 0 Å². The quantitative estimate of drug-likeness (QED) is 0.607. The van der Waals surface area contributed by atoms with Crippen LogP contribution in [0.1, 0.15) is 36.1 Å². The first-order valence-corrected chi connectivity index (χ1v) is 10.4. The molecule has 0 radical (unpaired) electrons. The predicted molar refractivity (Wildman–Crippen MR) is 114 cm³/mol. The van der Waals surface area contributed by atoms with Gasteiger partial charge in [0.05, 0.1) is 25.1 Å². The van der Waals surface area contributed by atoms with Crippen LogP contribution in [0.2, 0.25) is 5.02 Å². The number of likely N-dealkylation sites (tertiary alicyclic amines) is 1. The van der Waals surface area contributed by atoms with Gasteiger partial charge in [0.1, 0.15) is 11.6 Å². The number of carbonyl (C=O) groups is 1. The van der Waals surface area contributed by atoms with Crippen molar-refractivity contribution in [2.45, 2.75) is 25.2 Å². The first-order valence-electron chi connectivity index (χ1n) is 9.98. The van der Waals surface area contributed by atoms with E-state index in [1.54, 1.807) is 35.2 Å². The van der Waals surface area contributed by atoms with Gasteiger partial charge in [-0.15, -0.1) is 10.2 Å². The van der Waals surface area contributed by atoms with E-state index in [0.29, 0.717) is 47.8 Å². The van der Waals surface area contributed by atoms with Crippen molar-refractivity contribution < 1.29 is 18.3 Å². The van der Waals surface area contributed by atoms with Gasteiger partial charge >= 0.3 is 6.03 Å². The largest absolute Gasteiger partial charge is 0.495 e. The Labute approximate surface area is 184 Å². The zero-order chi connectivity index (χ0) is 21.8. The van der Waals surface area contributed by atoms with Gasteiger partial charge in [0.2, 0.25) is 11.8 Å². The number of hydrogen-bond donors (Lipinski definition) is 1. The second-order valence-corrected chi connectivity index (χ2v) is 7.83. The van der Waals surface area contributed by atoms with E-state index in [1.165, 1.54) is 19.2 Å². The van der Waals surface area contributed by atoms with Crippen LogP contribution < -0.4 is 10.1 Å². The molecule has 1 aromatic heterocycles. The molecule has 1 N–H and O–H groups in total. The Hall–Kier alpha value is -3.13. The highest BCUT2D eigenvalue weighted by molar-refractivity contribution is 6.31. The lowest BCUT2D eigenvalue weighted by molar-refractivity contribution is 0.186. The summed E-state index contributed by atoms with van der Waals surface area (Å²) >= 11 is 6.05. The van der Waals surface area contributed by atoms with Gasteiger partial charge in [-0.1, -0.05) is 23.7 Å².